The largest absolute Gasteiger partial charge is 0.494 e. The highest BCUT2D eigenvalue weighted by Gasteiger charge is 2.51. The monoisotopic (exact) mass is 386 g/mol. The van der Waals surface area contributed by atoms with Gasteiger partial charge in [0.1, 0.15) is 5.75 Å². The zero-order valence-electron chi connectivity index (χ0n) is 16.9. The normalized spacial score (nSPS) is 25.9. The van der Waals surface area contributed by atoms with E-state index in [0.29, 0.717) is 19.2 Å². The first-order valence-electron chi connectivity index (χ1n) is 11.1. The topological polar surface area (TPSA) is 53.0 Å². The average molecular weight is 387 g/mol. The van der Waals surface area contributed by atoms with Gasteiger partial charge < -0.3 is 14.7 Å². The average Bonchev–Trinajstić information content (AvgIpc) is 3.53. The van der Waals surface area contributed by atoms with Gasteiger partial charge in [0.25, 0.3) is 0 Å². The fourth-order valence-electron chi connectivity index (χ4n) is 4.74. The number of hydrogen-bond acceptors (Lipinski definition) is 4. The molecule has 28 heavy (non-hydrogen) atoms. The highest BCUT2D eigenvalue weighted by atomic mass is 16.5. The van der Waals surface area contributed by atoms with Gasteiger partial charge >= 0.3 is 0 Å². The Kier molecular flexibility index (Phi) is 6.22. The Hall–Kier alpha value is -1.59. The third-order valence-corrected chi connectivity index (χ3v) is 6.81. The number of ether oxygens (including phenoxy) is 1. The summed E-state index contributed by atoms with van der Waals surface area (Å²) in [6, 6.07) is 9.09. The molecule has 154 valence electrons. The lowest BCUT2D eigenvalue weighted by Crippen LogP contribution is -2.47. The molecule has 2 aliphatic heterocycles. The number of rotatable bonds is 2. The number of benzene rings is 1. The van der Waals surface area contributed by atoms with Crippen molar-refractivity contribution in [1.82, 2.24) is 9.80 Å². The van der Waals surface area contributed by atoms with Crippen LogP contribution >= 0.6 is 0 Å². The number of carbonyl (C=O) groups excluding carboxylic acids is 1. The van der Waals surface area contributed by atoms with E-state index in [-0.39, 0.29) is 12.5 Å². The molecule has 2 heterocycles. The van der Waals surface area contributed by atoms with E-state index in [0.717, 1.165) is 57.5 Å². The summed E-state index contributed by atoms with van der Waals surface area (Å²) in [5, 5.41) is 9.72. The van der Waals surface area contributed by atoms with Crippen LogP contribution in [0, 0.1) is 5.41 Å². The number of piperidine rings is 1. The highest BCUT2D eigenvalue weighted by molar-refractivity contribution is 5.85. The van der Waals surface area contributed by atoms with Crippen LogP contribution in [0.1, 0.15) is 50.5 Å². The maximum absolute atomic E-state index is 13.1. The summed E-state index contributed by atoms with van der Waals surface area (Å²) in [6.45, 7) is 4.16. The standard InChI is InChI=1S/C23H34N2O3/c26-18-23(10-11-23)22(27)25-13-4-16-28-21-7-3-5-19(17-21)8-9-20-6-1-2-12-24(20)14-15-25/h3,5,7,17,20,26H,1-2,4,6,8-16,18H2. The predicted octanol–water partition coefficient (Wildman–Crippen LogP) is 2.86. The lowest BCUT2D eigenvalue weighted by molar-refractivity contribution is -0.139. The van der Waals surface area contributed by atoms with Crippen molar-refractivity contribution in [2.45, 2.75) is 57.4 Å². The van der Waals surface area contributed by atoms with Crippen molar-refractivity contribution in [2.24, 2.45) is 5.41 Å². The first kappa shape index (κ1) is 19.7. The molecule has 4 rings (SSSR count). The second kappa shape index (κ2) is 8.83. The van der Waals surface area contributed by atoms with E-state index >= 15 is 0 Å². The molecule has 1 saturated heterocycles. The van der Waals surface area contributed by atoms with E-state index in [1.807, 2.05) is 11.0 Å². The molecule has 1 saturated carbocycles. The fraction of sp³-hybridized carbons (Fsp3) is 0.696. The SMILES string of the molecule is O=C(N1CCCOc2cccc(c2)CCC2CCCCN2CC1)C1(CO)CC1. The van der Waals surface area contributed by atoms with Crippen molar-refractivity contribution in [3.63, 3.8) is 0 Å². The van der Waals surface area contributed by atoms with Gasteiger partial charge in [0.15, 0.2) is 0 Å². The third-order valence-electron chi connectivity index (χ3n) is 6.81. The Balaban J connectivity index is 1.49. The van der Waals surface area contributed by atoms with Crippen LogP contribution in [0.4, 0.5) is 0 Å². The Labute approximate surface area is 168 Å². The van der Waals surface area contributed by atoms with Crippen molar-refractivity contribution in [2.75, 3.05) is 39.4 Å². The number of fused-ring (bicyclic) bond motifs is 3. The summed E-state index contributed by atoms with van der Waals surface area (Å²) in [7, 11) is 0. The van der Waals surface area contributed by atoms with Crippen LogP contribution in [0.15, 0.2) is 24.3 Å². The van der Waals surface area contributed by atoms with Crippen molar-refractivity contribution in [1.29, 1.82) is 0 Å². The summed E-state index contributed by atoms with van der Waals surface area (Å²) in [4.78, 5) is 17.7. The highest BCUT2D eigenvalue weighted by Crippen LogP contribution is 2.46. The second-order valence-corrected chi connectivity index (χ2v) is 8.80. The van der Waals surface area contributed by atoms with E-state index in [2.05, 4.69) is 23.1 Å². The minimum absolute atomic E-state index is 0.0159. The van der Waals surface area contributed by atoms with Crippen LogP contribution < -0.4 is 4.74 Å². The number of aryl methyl sites for hydroxylation is 1. The molecule has 1 unspecified atom stereocenters. The number of nitrogens with zero attached hydrogens (tertiary/aromatic N) is 2. The fourth-order valence-corrected chi connectivity index (χ4v) is 4.74. The molecule has 1 aliphatic carbocycles. The van der Waals surface area contributed by atoms with Crippen LogP contribution in [0.2, 0.25) is 0 Å². The predicted molar refractivity (Wildman–Crippen MR) is 109 cm³/mol. The molecule has 2 fully saturated rings. The molecule has 1 amide bonds. The Morgan fingerprint density at radius 1 is 1.11 bits per heavy atom. The number of hydrogen-bond donors (Lipinski definition) is 1. The molecule has 3 aliphatic rings. The summed E-state index contributed by atoms with van der Waals surface area (Å²) >= 11 is 0. The smallest absolute Gasteiger partial charge is 0.231 e. The number of aliphatic hydroxyl groups excluding tert-OH is 1. The van der Waals surface area contributed by atoms with Crippen molar-refractivity contribution >= 4 is 5.91 Å². The number of aliphatic hydroxyl groups is 1. The van der Waals surface area contributed by atoms with Crippen molar-refractivity contribution in [3.05, 3.63) is 29.8 Å². The zero-order chi connectivity index (χ0) is 19.4. The molecule has 1 aromatic carbocycles. The van der Waals surface area contributed by atoms with Gasteiger partial charge in [-0.1, -0.05) is 18.6 Å². The minimum atomic E-state index is -0.484. The van der Waals surface area contributed by atoms with Crippen LogP contribution in [0.3, 0.4) is 0 Å². The van der Waals surface area contributed by atoms with Gasteiger partial charge in [-0.15, -0.1) is 0 Å². The quantitative estimate of drug-likeness (QED) is 0.849. The van der Waals surface area contributed by atoms with Gasteiger partial charge in [-0.05, 0) is 69.2 Å². The lowest BCUT2D eigenvalue weighted by atomic mass is 9.95. The molecule has 1 N–H and O–H groups in total. The Bertz CT molecular complexity index is 674. The molecule has 0 radical (unpaired) electrons. The summed E-state index contributed by atoms with van der Waals surface area (Å²) in [5.74, 6) is 1.08. The Morgan fingerprint density at radius 3 is 2.82 bits per heavy atom. The van der Waals surface area contributed by atoms with Crippen LogP contribution in [-0.4, -0.2) is 66.2 Å². The summed E-state index contributed by atoms with van der Waals surface area (Å²) in [6.07, 6.45) is 8.54. The van der Waals surface area contributed by atoms with E-state index in [1.165, 1.54) is 24.8 Å². The molecular formula is C23H34N2O3. The van der Waals surface area contributed by atoms with Gasteiger partial charge in [0.2, 0.25) is 5.91 Å². The van der Waals surface area contributed by atoms with Gasteiger partial charge in [-0.2, -0.15) is 0 Å². The van der Waals surface area contributed by atoms with Gasteiger partial charge in [-0.25, -0.2) is 0 Å². The maximum Gasteiger partial charge on any atom is 0.231 e. The van der Waals surface area contributed by atoms with Crippen molar-refractivity contribution < 1.29 is 14.6 Å². The first-order valence-corrected chi connectivity index (χ1v) is 11.1. The third kappa shape index (κ3) is 4.52. The number of carbonyl (C=O) groups is 1. The Morgan fingerprint density at radius 2 is 2.00 bits per heavy atom. The van der Waals surface area contributed by atoms with Crippen LogP contribution in [-0.2, 0) is 11.2 Å². The minimum Gasteiger partial charge on any atom is -0.494 e. The first-order chi connectivity index (χ1) is 13.7. The molecule has 1 atom stereocenters. The zero-order valence-corrected chi connectivity index (χ0v) is 16.9. The maximum atomic E-state index is 13.1. The molecule has 1 aromatic rings. The van der Waals surface area contributed by atoms with Crippen LogP contribution in [0.5, 0.6) is 5.75 Å². The molecule has 2 bridgehead atoms. The molecule has 0 spiro atoms. The van der Waals surface area contributed by atoms with Gasteiger partial charge in [-0.3, -0.25) is 9.69 Å². The van der Waals surface area contributed by atoms with Crippen LogP contribution in [0.25, 0.3) is 0 Å². The van der Waals surface area contributed by atoms with Gasteiger partial charge in [0, 0.05) is 25.7 Å². The van der Waals surface area contributed by atoms with E-state index < -0.39 is 5.41 Å². The van der Waals surface area contributed by atoms with Crippen molar-refractivity contribution in [3.8, 4) is 5.75 Å². The van der Waals surface area contributed by atoms with E-state index in [4.69, 9.17) is 4.74 Å². The second-order valence-electron chi connectivity index (χ2n) is 8.80. The molecule has 5 nitrogen and oxygen atoms in total. The summed E-state index contributed by atoms with van der Waals surface area (Å²) < 4.78 is 5.96. The molecule has 0 aromatic heterocycles. The number of amides is 1. The molecular weight excluding hydrogens is 352 g/mol. The summed E-state index contributed by atoms with van der Waals surface area (Å²) in [5.41, 5.74) is 0.873. The lowest BCUT2D eigenvalue weighted by Gasteiger charge is -2.38. The van der Waals surface area contributed by atoms with Gasteiger partial charge in [0.05, 0.1) is 18.6 Å². The van der Waals surface area contributed by atoms with E-state index in [9.17, 15) is 9.90 Å². The van der Waals surface area contributed by atoms with E-state index in [1.54, 1.807) is 0 Å². The molecule has 5 heteroatoms.